The maximum absolute atomic E-state index is 12.3. The van der Waals surface area contributed by atoms with Gasteiger partial charge in [0.2, 0.25) is 15.9 Å². The van der Waals surface area contributed by atoms with Crippen LogP contribution in [0, 0.1) is 0 Å². The van der Waals surface area contributed by atoms with Crippen LogP contribution >= 0.6 is 11.6 Å². The number of hydrogen-bond acceptors (Lipinski definition) is 4. The van der Waals surface area contributed by atoms with Crippen molar-refractivity contribution in [1.82, 2.24) is 10.2 Å². The Morgan fingerprint density at radius 1 is 1.00 bits per heavy atom. The second-order valence-corrected chi connectivity index (χ2v) is 10.7. The first-order valence-corrected chi connectivity index (χ1v) is 13.3. The van der Waals surface area contributed by atoms with Gasteiger partial charge in [-0.2, -0.15) is 0 Å². The first kappa shape index (κ1) is 24.6. The van der Waals surface area contributed by atoms with Crippen LogP contribution in [0.1, 0.15) is 43.2 Å². The summed E-state index contributed by atoms with van der Waals surface area (Å²) < 4.78 is 25.6. The molecule has 3 rings (SSSR count). The van der Waals surface area contributed by atoms with E-state index in [1.54, 1.807) is 24.3 Å². The van der Waals surface area contributed by atoms with Crippen LogP contribution in [0.5, 0.6) is 0 Å². The van der Waals surface area contributed by atoms with Gasteiger partial charge in [-0.05, 0) is 67.7 Å². The molecule has 1 heterocycles. The molecule has 0 aliphatic carbocycles. The topological polar surface area (TPSA) is 69.7 Å². The first-order valence-electron chi connectivity index (χ1n) is 11.1. The molecule has 174 valence electrons. The Morgan fingerprint density at radius 3 is 2.25 bits per heavy atom. The molecule has 0 unspecified atom stereocenters. The summed E-state index contributed by atoms with van der Waals surface area (Å²) in [6, 6.07) is 15.0. The van der Waals surface area contributed by atoms with Gasteiger partial charge in [0.15, 0.2) is 0 Å². The Balaban J connectivity index is 1.42. The van der Waals surface area contributed by atoms with Crippen LogP contribution in [0.4, 0.5) is 5.69 Å². The van der Waals surface area contributed by atoms with E-state index < -0.39 is 10.0 Å². The Kier molecular flexibility index (Phi) is 8.96. The monoisotopic (exact) mass is 477 g/mol. The van der Waals surface area contributed by atoms with Crippen molar-refractivity contribution >= 4 is 33.2 Å². The highest BCUT2D eigenvalue weighted by molar-refractivity contribution is 7.92. The summed E-state index contributed by atoms with van der Waals surface area (Å²) in [7, 11) is -3.44. The third-order valence-corrected chi connectivity index (χ3v) is 7.09. The fourth-order valence-electron chi connectivity index (χ4n) is 3.90. The lowest BCUT2D eigenvalue weighted by Crippen LogP contribution is -2.32. The zero-order valence-corrected chi connectivity index (χ0v) is 20.2. The van der Waals surface area contributed by atoms with Crippen molar-refractivity contribution in [2.45, 2.75) is 45.2 Å². The molecule has 8 heteroatoms. The number of halogens is 1. The molecule has 1 N–H and O–H groups in total. The van der Waals surface area contributed by atoms with E-state index in [0.717, 1.165) is 18.4 Å². The third kappa shape index (κ3) is 7.80. The number of nitrogens with zero attached hydrogens (tertiary/aromatic N) is 2. The van der Waals surface area contributed by atoms with E-state index in [1.807, 2.05) is 0 Å². The van der Waals surface area contributed by atoms with Gasteiger partial charge in [-0.25, -0.2) is 8.42 Å². The average Bonchev–Trinajstić information content (AvgIpc) is 2.77. The van der Waals surface area contributed by atoms with E-state index in [-0.39, 0.29) is 18.9 Å². The summed E-state index contributed by atoms with van der Waals surface area (Å²) >= 11 is 5.89. The minimum atomic E-state index is -3.44. The van der Waals surface area contributed by atoms with Crippen molar-refractivity contribution in [2.24, 2.45) is 0 Å². The maximum atomic E-state index is 12.3. The predicted molar refractivity (Wildman–Crippen MR) is 130 cm³/mol. The summed E-state index contributed by atoms with van der Waals surface area (Å²) in [5.74, 6) is -0.0908. The summed E-state index contributed by atoms with van der Waals surface area (Å²) in [6.45, 7) is 4.03. The number of likely N-dealkylation sites (tertiary alicyclic amines) is 1. The van der Waals surface area contributed by atoms with E-state index in [2.05, 4.69) is 34.5 Å². The quantitative estimate of drug-likeness (QED) is 0.557. The van der Waals surface area contributed by atoms with Crippen molar-refractivity contribution in [3.63, 3.8) is 0 Å². The summed E-state index contributed by atoms with van der Waals surface area (Å²) in [4.78, 5) is 14.7. The predicted octanol–water partition coefficient (Wildman–Crippen LogP) is 4.19. The number of anilines is 1. The number of amides is 1. The lowest BCUT2D eigenvalue weighted by Gasteiger charge is -2.26. The fourth-order valence-corrected chi connectivity index (χ4v) is 5.00. The zero-order valence-electron chi connectivity index (χ0n) is 18.6. The standard InChI is InChI=1S/C24H32ClN3O3S/c1-32(30,31)28(23-13-11-22(25)12-14-23)17-5-6-24(29)26-18-20-7-9-21(10-8-20)19-27-15-3-2-4-16-27/h7-14H,2-6,15-19H2,1H3,(H,26,29). The van der Waals surface area contributed by atoms with Crippen LogP contribution in [-0.2, 0) is 27.9 Å². The molecule has 1 aliphatic heterocycles. The second-order valence-electron chi connectivity index (χ2n) is 8.35. The molecule has 1 fully saturated rings. The van der Waals surface area contributed by atoms with E-state index >= 15 is 0 Å². The molecule has 1 aliphatic rings. The number of piperidine rings is 1. The van der Waals surface area contributed by atoms with E-state index in [9.17, 15) is 13.2 Å². The normalized spacial score (nSPS) is 14.8. The Morgan fingerprint density at radius 2 is 1.62 bits per heavy atom. The SMILES string of the molecule is CS(=O)(=O)N(CCCC(=O)NCc1ccc(CN2CCCCC2)cc1)c1ccc(Cl)cc1. The molecule has 0 bridgehead atoms. The van der Waals surface area contributed by atoms with Crippen molar-refractivity contribution in [3.05, 3.63) is 64.7 Å². The third-order valence-electron chi connectivity index (χ3n) is 5.65. The van der Waals surface area contributed by atoms with Crippen LogP contribution in [0.15, 0.2) is 48.5 Å². The molecule has 0 aromatic heterocycles. The van der Waals surface area contributed by atoms with Gasteiger partial charge in [-0.3, -0.25) is 14.0 Å². The minimum Gasteiger partial charge on any atom is -0.352 e. The Hall–Kier alpha value is -2.09. The molecule has 2 aromatic carbocycles. The highest BCUT2D eigenvalue weighted by Crippen LogP contribution is 2.21. The Labute approximate surface area is 196 Å². The van der Waals surface area contributed by atoms with E-state index in [4.69, 9.17) is 11.6 Å². The molecule has 0 spiro atoms. The van der Waals surface area contributed by atoms with Gasteiger partial charge in [0.25, 0.3) is 0 Å². The van der Waals surface area contributed by atoms with Crippen LogP contribution in [0.2, 0.25) is 5.02 Å². The minimum absolute atomic E-state index is 0.0908. The number of benzene rings is 2. The average molecular weight is 478 g/mol. The number of carbonyl (C=O) groups excluding carboxylic acids is 1. The maximum Gasteiger partial charge on any atom is 0.232 e. The van der Waals surface area contributed by atoms with Gasteiger partial charge in [0, 0.05) is 31.1 Å². The molecule has 2 aromatic rings. The van der Waals surface area contributed by atoms with Crippen molar-refractivity contribution in [2.75, 3.05) is 30.2 Å². The van der Waals surface area contributed by atoms with Crippen LogP contribution < -0.4 is 9.62 Å². The molecule has 32 heavy (non-hydrogen) atoms. The van der Waals surface area contributed by atoms with Crippen LogP contribution in [0.25, 0.3) is 0 Å². The molecular formula is C24H32ClN3O3S. The van der Waals surface area contributed by atoms with Crippen molar-refractivity contribution in [1.29, 1.82) is 0 Å². The number of hydrogen-bond donors (Lipinski definition) is 1. The highest BCUT2D eigenvalue weighted by atomic mass is 35.5. The van der Waals surface area contributed by atoms with Gasteiger partial charge in [0.1, 0.15) is 0 Å². The summed E-state index contributed by atoms with van der Waals surface area (Å²) in [5, 5.41) is 3.47. The smallest absolute Gasteiger partial charge is 0.232 e. The summed E-state index contributed by atoms with van der Waals surface area (Å²) in [6.07, 6.45) is 5.75. The van der Waals surface area contributed by atoms with Crippen LogP contribution in [-0.4, -0.2) is 45.1 Å². The molecule has 1 amide bonds. The molecule has 1 saturated heterocycles. The lowest BCUT2D eigenvalue weighted by molar-refractivity contribution is -0.121. The first-order chi connectivity index (χ1) is 15.3. The van der Waals surface area contributed by atoms with Crippen molar-refractivity contribution < 1.29 is 13.2 Å². The number of sulfonamides is 1. The molecule has 0 saturated carbocycles. The summed E-state index contributed by atoms with van der Waals surface area (Å²) in [5.41, 5.74) is 2.90. The van der Waals surface area contributed by atoms with Crippen molar-refractivity contribution in [3.8, 4) is 0 Å². The van der Waals surface area contributed by atoms with E-state index in [0.29, 0.717) is 23.7 Å². The molecular weight excluding hydrogens is 446 g/mol. The zero-order chi connectivity index (χ0) is 23.0. The van der Waals surface area contributed by atoms with E-state index in [1.165, 1.54) is 42.2 Å². The fraction of sp³-hybridized carbons (Fsp3) is 0.458. The van der Waals surface area contributed by atoms with Gasteiger partial charge < -0.3 is 5.32 Å². The molecule has 0 atom stereocenters. The highest BCUT2D eigenvalue weighted by Gasteiger charge is 2.17. The van der Waals surface area contributed by atoms with Gasteiger partial charge in [-0.15, -0.1) is 0 Å². The number of carbonyl (C=O) groups is 1. The molecule has 6 nitrogen and oxygen atoms in total. The number of nitrogens with one attached hydrogen (secondary N) is 1. The van der Waals surface area contributed by atoms with Gasteiger partial charge >= 0.3 is 0 Å². The second kappa shape index (κ2) is 11.7. The largest absolute Gasteiger partial charge is 0.352 e. The number of rotatable bonds is 10. The van der Waals surface area contributed by atoms with Gasteiger partial charge in [0.05, 0.1) is 11.9 Å². The lowest BCUT2D eigenvalue weighted by atomic mass is 10.1. The van der Waals surface area contributed by atoms with Crippen LogP contribution in [0.3, 0.4) is 0 Å². The Bertz CT molecular complexity index is 973. The van der Waals surface area contributed by atoms with Gasteiger partial charge in [-0.1, -0.05) is 42.3 Å². The molecule has 0 radical (unpaired) electrons.